The first-order valence-corrected chi connectivity index (χ1v) is 7.98. The molecule has 0 bridgehead atoms. The predicted octanol–water partition coefficient (Wildman–Crippen LogP) is -0.118. The van der Waals surface area contributed by atoms with Crippen LogP contribution >= 0.6 is 0 Å². The Morgan fingerprint density at radius 3 is 2.30 bits per heavy atom. The van der Waals surface area contributed by atoms with Crippen molar-refractivity contribution < 1.29 is 33.6 Å². The molecule has 3 fully saturated rings. The monoisotopic (exact) mass is 331 g/mol. The molecule has 0 saturated carbocycles. The van der Waals surface area contributed by atoms with Crippen molar-refractivity contribution in [2.75, 3.05) is 13.2 Å². The third-order valence-corrected chi connectivity index (χ3v) is 4.05. The fourth-order valence-corrected chi connectivity index (χ4v) is 3.21. The van der Waals surface area contributed by atoms with Crippen molar-refractivity contribution in [3.8, 4) is 0 Å². The minimum Gasteiger partial charge on any atom is -0.396 e. The Balaban J connectivity index is 1.77. The van der Waals surface area contributed by atoms with Gasteiger partial charge < -0.3 is 34.1 Å². The van der Waals surface area contributed by atoms with E-state index < -0.39 is 42.3 Å². The summed E-state index contributed by atoms with van der Waals surface area (Å²) in [4.78, 5) is 12.4. The number of aliphatic hydroxyl groups is 1. The Kier molecular flexibility index (Phi) is 4.41. The minimum absolute atomic E-state index is 0.0142. The quantitative estimate of drug-likeness (QED) is 0.694. The van der Waals surface area contributed by atoms with Gasteiger partial charge in [0.25, 0.3) is 5.91 Å². The Morgan fingerprint density at radius 2 is 1.61 bits per heavy atom. The van der Waals surface area contributed by atoms with E-state index in [-0.39, 0.29) is 12.5 Å². The first-order valence-electron chi connectivity index (χ1n) is 7.98. The van der Waals surface area contributed by atoms with Gasteiger partial charge in [0.2, 0.25) is 0 Å². The van der Waals surface area contributed by atoms with Gasteiger partial charge in [-0.05, 0) is 34.1 Å². The average molecular weight is 331 g/mol. The number of carbonyl (C=O) groups is 1. The maximum Gasteiger partial charge on any atom is 0.252 e. The van der Waals surface area contributed by atoms with Crippen LogP contribution < -0.4 is 5.32 Å². The van der Waals surface area contributed by atoms with Crippen LogP contribution in [0.5, 0.6) is 0 Å². The molecular formula is C15H25NO7. The van der Waals surface area contributed by atoms with Gasteiger partial charge in [-0.2, -0.15) is 0 Å². The van der Waals surface area contributed by atoms with Crippen molar-refractivity contribution in [2.24, 2.45) is 0 Å². The van der Waals surface area contributed by atoms with Crippen molar-refractivity contribution in [1.82, 2.24) is 5.32 Å². The molecule has 3 aliphatic rings. The highest BCUT2D eigenvalue weighted by atomic mass is 16.9. The highest BCUT2D eigenvalue weighted by Crippen LogP contribution is 2.44. The van der Waals surface area contributed by atoms with Crippen molar-refractivity contribution in [3.05, 3.63) is 0 Å². The van der Waals surface area contributed by atoms with E-state index in [1.54, 1.807) is 27.7 Å². The molecule has 2 N–H and O–H groups in total. The summed E-state index contributed by atoms with van der Waals surface area (Å²) in [6.07, 6.45) is -2.51. The number of amides is 1. The molecule has 8 heteroatoms. The molecule has 0 radical (unpaired) electrons. The molecule has 23 heavy (non-hydrogen) atoms. The summed E-state index contributed by atoms with van der Waals surface area (Å²) in [6, 6.07) is 0. The van der Waals surface area contributed by atoms with Crippen LogP contribution in [0.2, 0.25) is 0 Å². The van der Waals surface area contributed by atoms with Gasteiger partial charge in [0.15, 0.2) is 24.0 Å². The summed E-state index contributed by atoms with van der Waals surface area (Å²) in [5.41, 5.74) is 0. The maximum absolute atomic E-state index is 12.4. The number of carbonyl (C=O) groups excluding carboxylic acids is 1. The summed E-state index contributed by atoms with van der Waals surface area (Å²) in [5.74, 6) is -1.94. The fourth-order valence-electron chi connectivity index (χ4n) is 3.21. The zero-order valence-corrected chi connectivity index (χ0v) is 13.9. The molecule has 0 spiro atoms. The van der Waals surface area contributed by atoms with Gasteiger partial charge in [0.1, 0.15) is 18.3 Å². The third-order valence-electron chi connectivity index (χ3n) is 4.05. The van der Waals surface area contributed by atoms with Gasteiger partial charge in [-0.15, -0.1) is 0 Å². The second kappa shape index (κ2) is 5.94. The molecule has 3 saturated heterocycles. The van der Waals surface area contributed by atoms with Crippen LogP contribution in [0.3, 0.4) is 0 Å². The van der Waals surface area contributed by atoms with Crippen LogP contribution in [-0.4, -0.2) is 66.4 Å². The molecule has 3 rings (SSSR count). The first-order chi connectivity index (χ1) is 10.7. The van der Waals surface area contributed by atoms with Crippen molar-refractivity contribution in [1.29, 1.82) is 0 Å². The summed E-state index contributed by atoms with van der Waals surface area (Å²) in [7, 11) is 0. The highest BCUT2D eigenvalue weighted by Gasteiger charge is 2.62. The molecular weight excluding hydrogens is 306 g/mol. The Morgan fingerprint density at radius 1 is 1.00 bits per heavy atom. The Hall–Kier alpha value is -0.770. The molecule has 3 heterocycles. The van der Waals surface area contributed by atoms with Gasteiger partial charge in [0, 0.05) is 13.2 Å². The van der Waals surface area contributed by atoms with Gasteiger partial charge in [-0.1, -0.05) is 0 Å². The Labute approximate surface area is 135 Å². The molecule has 3 aliphatic heterocycles. The normalized spacial score (nSPS) is 40.5. The number of nitrogens with one attached hydrogen (secondary N) is 1. The summed E-state index contributed by atoms with van der Waals surface area (Å²) < 4.78 is 29.2. The lowest BCUT2D eigenvalue weighted by Crippen LogP contribution is -2.59. The van der Waals surface area contributed by atoms with Crippen LogP contribution in [0.1, 0.15) is 34.1 Å². The molecule has 132 valence electrons. The van der Waals surface area contributed by atoms with E-state index in [1.165, 1.54) is 0 Å². The van der Waals surface area contributed by atoms with E-state index >= 15 is 0 Å². The van der Waals surface area contributed by atoms with Crippen molar-refractivity contribution in [2.45, 2.75) is 76.4 Å². The van der Waals surface area contributed by atoms with Gasteiger partial charge in [0.05, 0.1) is 0 Å². The number of hydrogen-bond acceptors (Lipinski definition) is 7. The lowest BCUT2D eigenvalue weighted by Gasteiger charge is -2.36. The number of rotatable bonds is 4. The molecule has 0 aromatic heterocycles. The van der Waals surface area contributed by atoms with Crippen molar-refractivity contribution in [3.63, 3.8) is 0 Å². The summed E-state index contributed by atoms with van der Waals surface area (Å²) >= 11 is 0. The van der Waals surface area contributed by atoms with Crippen LogP contribution in [-0.2, 0) is 28.5 Å². The topological polar surface area (TPSA) is 95.5 Å². The second-order valence-corrected chi connectivity index (χ2v) is 6.96. The van der Waals surface area contributed by atoms with E-state index in [4.69, 9.17) is 28.8 Å². The van der Waals surface area contributed by atoms with Crippen LogP contribution in [0.15, 0.2) is 0 Å². The third kappa shape index (κ3) is 3.38. The van der Waals surface area contributed by atoms with E-state index in [1.807, 2.05) is 0 Å². The smallest absolute Gasteiger partial charge is 0.252 e. The molecule has 0 aromatic rings. The maximum atomic E-state index is 12.4. The highest BCUT2D eigenvalue weighted by molar-refractivity contribution is 5.81. The van der Waals surface area contributed by atoms with Gasteiger partial charge in [-0.25, -0.2) is 0 Å². The minimum atomic E-state index is -0.848. The Bertz CT molecular complexity index is 467. The second-order valence-electron chi connectivity index (χ2n) is 6.96. The van der Waals surface area contributed by atoms with E-state index in [0.717, 1.165) is 0 Å². The molecule has 0 aliphatic carbocycles. The summed E-state index contributed by atoms with van der Waals surface area (Å²) in [5, 5.41) is 11.6. The SMILES string of the molecule is CC1(C)O[C@@H]2[C@@H](O1)[C@@H](C(=O)NCCCO)O[C@H]1OC(C)(C)O[C@@H]12. The van der Waals surface area contributed by atoms with Gasteiger partial charge >= 0.3 is 0 Å². The van der Waals surface area contributed by atoms with E-state index in [9.17, 15) is 4.79 Å². The van der Waals surface area contributed by atoms with Crippen molar-refractivity contribution >= 4 is 5.91 Å². The number of ether oxygens (including phenoxy) is 5. The standard InChI is InChI=1S/C15H25NO7/c1-14(2)20-8-9(21-14)11-13(23-15(3,4)22-11)19-10(8)12(18)16-6-5-7-17/h8-11,13,17H,5-7H2,1-4H3,(H,16,18)/t8-,9-,10+,11-,13+/m1/s1. The molecule has 1 amide bonds. The van der Waals surface area contributed by atoms with Gasteiger partial charge in [-0.3, -0.25) is 4.79 Å². The van der Waals surface area contributed by atoms with E-state index in [0.29, 0.717) is 13.0 Å². The van der Waals surface area contributed by atoms with Crippen LogP contribution in [0.4, 0.5) is 0 Å². The van der Waals surface area contributed by atoms with E-state index in [2.05, 4.69) is 5.32 Å². The lowest BCUT2D eigenvalue weighted by molar-refractivity contribution is -0.231. The average Bonchev–Trinajstić information content (AvgIpc) is 2.92. The zero-order valence-electron chi connectivity index (χ0n) is 13.9. The lowest BCUT2D eigenvalue weighted by atomic mass is 9.98. The largest absolute Gasteiger partial charge is 0.396 e. The zero-order chi connectivity index (χ0) is 16.8. The first kappa shape index (κ1) is 17.1. The fraction of sp³-hybridized carbons (Fsp3) is 0.933. The molecule has 0 aromatic carbocycles. The molecule has 5 atom stereocenters. The molecule has 0 unspecified atom stereocenters. The van der Waals surface area contributed by atoms with Crippen LogP contribution in [0.25, 0.3) is 0 Å². The number of aliphatic hydroxyl groups excluding tert-OH is 1. The predicted molar refractivity (Wildman–Crippen MR) is 77.2 cm³/mol. The number of fused-ring (bicyclic) bond motifs is 3. The number of hydrogen-bond donors (Lipinski definition) is 2. The van der Waals surface area contributed by atoms with Crippen LogP contribution in [0, 0.1) is 0 Å². The summed E-state index contributed by atoms with van der Waals surface area (Å²) in [6.45, 7) is 7.56. The molecule has 8 nitrogen and oxygen atoms in total.